The molecule has 0 spiro atoms. The third kappa shape index (κ3) is 6.87. The molecule has 1 atom stereocenters. The van der Waals surface area contributed by atoms with Crippen LogP contribution < -0.4 is 15.5 Å². The molecule has 0 bridgehead atoms. The van der Waals surface area contributed by atoms with Gasteiger partial charge < -0.3 is 24.4 Å². The largest absolute Gasteiger partial charge is 0.461 e. The number of aliphatic imine (C=N–C) groups is 1. The van der Waals surface area contributed by atoms with Crippen molar-refractivity contribution >= 4 is 46.0 Å². The summed E-state index contributed by atoms with van der Waals surface area (Å²) in [6.45, 7) is 3.97. The second-order valence-electron chi connectivity index (χ2n) is 11.0. The molecule has 1 aromatic heterocycles. The lowest BCUT2D eigenvalue weighted by atomic mass is 10.1. The third-order valence-corrected chi connectivity index (χ3v) is 7.60. The molecular weight excluding hydrogens is 520 g/mol. The van der Waals surface area contributed by atoms with Gasteiger partial charge in [-0.05, 0) is 87.6 Å². The predicted molar refractivity (Wildman–Crippen MR) is 160 cm³/mol. The fourth-order valence-corrected chi connectivity index (χ4v) is 5.32. The van der Waals surface area contributed by atoms with E-state index in [1.807, 2.05) is 67.2 Å². The molecule has 0 radical (unpaired) electrons. The number of hydrogen-bond acceptors (Lipinski definition) is 6. The minimum absolute atomic E-state index is 0.0167. The maximum atomic E-state index is 13.6. The number of carbonyl (C=O) groups is 3. The number of anilines is 2. The molecule has 2 fully saturated rings. The number of furan rings is 1. The van der Waals surface area contributed by atoms with Gasteiger partial charge >= 0.3 is 0 Å². The van der Waals surface area contributed by atoms with E-state index in [9.17, 15) is 14.4 Å². The lowest BCUT2D eigenvalue weighted by molar-refractivity contribution is -0.140. The quantitative estimate of drug-likeness (QED) is 0.350. The highest BCUT2D eigenvalue weighted by molar-refractivity contribution is 6.11. The molecule has 10 nitrogen and oxygen atoms in total. The highest BCUT2D eigenvalue weighted by Gasteiger charge is 2.30. The first-order valence-corrected chi connectivity index (χ1v) is 14.3. The third-order valence-electron chi connectivity index (χ3n) is 7.60. The van der Waals surface area contributed by atoms with Gasteiger partial charge in [0.15, 0.2) is 0 Å². The summed E-state index contributed by atoms with van der Waals surface area (Å²) < 4.78 is 5.69. The average molecular weight is 559 g/mol. The van der Waals surface area contributed by atoms with Crippen LogP contribution in [0.2, 0.25) is 0 Å². The van der Waals surface area contributed by atoms with Gasteiger partial charge in [0, 0.05) is 56.1 Å². The van der Waals surface area contributed by atoms with Gasteiger partial charge in [-0.3, -0.25) is 19.7 Å². The number of benzene rings is 2. The van der Waals surface area contributed by atoms with Crippen LogP contribution in [0.1, 0.15) is 48.2 Å². The molecule has 5 rings (SSSR count). The average Bonchev–Trinajstić information content (AvgIpc) is 3.59. The number of rotatable bonds is 6. The van der Waals surface area contributed by atoms with Crippen molar-refractivity contribution in [2.24, 2.45) is 4.99 Å². The van der Waals surface area contributed by atoms with E-state index in [1.165, 1.54) is 0 Å². The second-order valence-corrected chi connectivity index (χ2v) is 11.0. The highest BCUT2D eigenvalue weighted by Crippen LogP contribution is 2.23. The molecule has 0 saturated carbocycles. The number of amides is 3. The van der Waals surface area contributed by atoms with Crippen LogP contribution in [0, 0.1) is 6.92 Å². The zero-order valence-electron chi connectivity index (χ0n) is 24.0. The number of fused-ring (bicyclic) bond motifs is 1. The van der Waals surface area contributed by atoms with Gasteiger partial charge in [0.25, 0.3) is 5.91 Å². The lowest BCUT2D eigenvalue weighted by Gasteiger charge is -2.25. The minimum Gasteiger partial charge on any atom is -0.461 e. The zero-order chi connectivity index (χ0) is 28.9. The van der Waals surface area contributed by atoms with E-state index >= 15 is 0 Å². The van der Waals surface area contributed by atoms with Crippen molar-refractivity contribution in [2.75, 3.05) is 50.5 Å². The van der Waals surface area contributed by atoms with Crippen LogP contribution in [-0.4, -0.2) is 79.8 Å². The SMILES string of the molecule is Cc1cc2cc(NC(=NC3CCCCN(CC(=O)N4CCCC4)C3=O)NC(=O)c3ccc(N(C)C)cc3)ccc2o1. The van der Waals surface area contributed by atoms with Crippen LogP contribution in [0.4, 0.5) is 11.4 Å². The van der Waals surface area contributed by atoms with E-state index in [0.717, 1.165) is 61.2 Å². The van der Waals surface area contributed by atoms with Crippen molar-refractivity contribution < 1.29 is 18.8 Å². The fourth-order valence-electron chi connectivity index (χ4n) is 5.32. The van der Waals surface area contributed by atoms with Crippen molar-refractivity contribution in [3.8, 4) is 0 Å². The normalized spacial score (nSPS) is 18.0. The Morgan fingerprint density at radius 1 is 1.00 bits per heavy atom. The van der Waals surface area contributed by atoms with E-state index in [-0.39, 0.29) is 30.2 Å². The van der Waals surface area contributed by atoms with Crippen LogP contribution in [0.3, 0.4) is 0 Å². The van der Waals surface area contributed by atoms with E-state index in [2.05, 4.69) is 10.6 Å². The van der Waals surface area contributed by atoms with Gasteiger partial charge in [-0.2, -0.15) is 0 Å². The Hall–Kier alpha value is -4.34. The Bertz CT molecular complexity index is 1440. The topological polar surface area (TPSA) is 110 Å². The summed E-state index contributed by atoms with van der Waals surface area (Å²) in [5, 5.41) is 7.02. The smallest absolute Gasteiger partial charge is 0.257 e. The molecule has 2 N–H and O–H groups in total. The van der Waals surface area contributed by atoms with E-state index in [1.54, 1.807) is 17.0 Å². The molecule has 41 heavy (non-hydrogen) atoms. The second kappa shape index (κ2) is 12.4. The van der Waals surface area contributed by atoms with Gasteiger partial charge in [-0.15, -0.1) is 0 Å². The summed E-state index contributed by atoms with van der Waals surface area (Å²) in [6.07, 6.45) is 4.13. The first-order valence-electron chi connectivity index (χ1n) is 14.3. The molecule has 3 amide bonds. The Kier molecular flexibility index (Phi) is 8.56. The lowest BCUT2D eigenvalue weighted by Crippen LogP contribution is -2.45. The first-order chi connectivity index (χ1) is 19.8. The zero-order valence-corrected chi connectivity index (χ0v) is 24.0. The molecule has 2 aromatic carbocycles. The molecule has 3 aromatic rings. The Labute approximate surface area is 240 Å². The minimum atomic E-state index is -0.720. The summed E-state index contributed by atoms with van der Waals surface area (Å²) >= 11 is 0. The number of nitrogens with one attached hydrogen (secondary N) is 2. The van der Waals surface area contributed by atoms with Gasteiger partial charge in [-0.1, -0.05) is 0 Å². The van der Waals surface area contributed by atoms with Crippen molar-refractivity contribution in [1.29, 1.82) is 0 Å². The first kappa shape index (κ1) is 28.2. The summed E-state index contributed by atoms with van der Waals surface area (Å²) in [7, 11) is 3.88. The van der Waals surface area contributed by atoms with Crippen molar-refractivity contribution in [2.45, 2.75) is 45.1 Å². The molecule has 3 heterocycles. The van der Waals surface area contributed by atoms with E-state index < -0.39 is 6.04 Å². The summed E-state index contributed by atoms with van der Waals surface area (Å²) in [4.78, 5) is 49.9. The highest BCUT2D eigenvalue weighted by atomic mass is 16.3. The van der Waals surface area contributed by atoms with E-state index in [0.29, 0.717) is 24.2 Å². The standard InChI is InChI=1S/C31H38N6O4/c1-21-18-23-19-24(11-14-27(23)41-21)32-31(34-29(39)22-9-12-25(13-10-22)35(2)3)33-26-8-4-5-17-37(30(26)40)20-28(38)36-15-6-7-16-36/h9-14,18-19,26H,4-8,15-17,20H2,1-3H3,(H2,32,33,34,39). The van der Waals surface area contributed by atoms with Crippen LogP contribution in [0.15, 0.2) is 57.9 Å². The Morgan fingerprint density at radius 2 is 1.73 bits per heavy atom. The summed E-state index contributed by atoms with van der Waals surface area (Å²) in [6, 6.07) is 14.1. The fraction of sp³-hybridized carbons (Fsp3) is 0.419. The molecule has 2 aliphatic heterocycles. The summed E-state index contributed by atoms with van der Waals surface area (Å²) in [5.74, 6) is 0.422. The molecule has 216 valence electrons. The van der Waals surface area contributed by atoms with Gasteiger partial charge in [0.1, 0.15) is 17.4 Å². The number of aryl methyl sites for hydroxylation is 1. The number of nitrogens with zero attached hydrogens (tertiary/aromatic N) is 4. The molecule has 2 aliphatic rings. The molecule has 0 aliphatic carbocycles. The molecular formula is C31H38N6O4. The van der Waals surface area contributed by atoms with E-state index in [4.69, 9.17) is 9.41 Å². The van der Waals surface area contributed by atoms with Crippen LogP contribution in [0.5, 0.6) is 0 Å². The maximum Gasteiger partial charge on any atom is 0.257 e. The van der Waals surface area contributed by atoms with Crippen LogP contribution in [0.25, 0.3) is 11.0 Å². The molecule has 10 heteroatoms. The number of guanidine groups is 1. The monoisotopic (exact) mass is 558 g/mol. The van der Waals surface area contributed by atoms with Crippen molar-refractivity contribution in [3.05, 3.63) is 59.9 Å². The van der Waals surface area contributed by atoms with Gasteiger partial charge in [0.2, 0.25) is 17.8 Å². The van der Waals surface area contributed by atoms with Gasteiger partial charge in [0.05, 0.1) is 6.54 Å². The molecule has 1 unspecified atom stereocenters. The van der Waals surface area contributed by atoms with Crippen molar-refractivity contribution in [3.63, 3.8) is 0 Å². The maximum absolute atomic E-state index is 13.6. The predicted octanol–water partition coefficient (Wildman–Crippen LogP) is 4.01. The Morgan fingerprint density at radius 3 is 2.46 bits per heavy atom. The van der Waals surface area contributed by atoms with Crippen LogP contribution in [-0.2, 0) is 9.59 Å². The van der Waals surface area contributed by atoms with Gasteiger partial charge in [-0.25, -0.2) is 4.99 Å². The van der Waals surface area contributed by atoms with Crippen LogP contribution >= 0.6 is 0 Å². The number of likely N-dealkylation sites (tertiary alicyclic amines) is 2. The van der Waals surface area contributed by atoms with Crippen molar-refractivity contribution in [1.82, 2.24) is 15.1 Å². The Balaban J connectivity index is 1.39. The number of carbonyl (C=O) groups excluding carboxylic acids is 3. The number of hydrogen-bond donors (Lipinski definition) is 2. The molecule has 2 saturated heterocycles. The summed E-state index contributed by atoms with van der Waals surface area (Å²) in [5.41, 5.74) is 2.90.